The minimum absolute atomic E-state index is 0. The van der Waals surface area contributed by atoms with Crippen LogP contribution in [0.1, 0.15) is 24.0 Å². The Balaban J connectivity index is 0.00000161. The average molecular weight is 332 g/mol. The fourth-order valence-electron chi connectivity index (χ4n) is 2.91. The topological polar surface area (TPSA) is 61.4 Å². The summed E-state index contributed by atoms with van der Waals surface area (Å²) in [5.74, 6) is 0. The molecule has 2 heterocycles. The summed E-state index contributed by atoms with van der Waals surface area (Å²) in [6.07, 6.45) is 2.73. The van der Waals surface area contributed by atoms with Gasteiger partial charge in [0, 0.05) is 25.7 Å². The van der Waals surface area contributed by atoms with Gasteiger partial charge in [-0.25, -0.2) is 0 Å². The van der Waals surface area contributed by atoms with Crippen molar-refractivity contribution < 1.29 is 8.42 Å². The monoisotopic (exact) mass is 331 g/mol. The van der Waals surface area contributed by atoms with Crippen LogP contribution < -0.4 is 10.0 Å². The third-order valence-corrected chi connectivity index (χ3v) is 5.67. The number of fused-ring (bicyclic) bond motifs is 1. The molecule has 118 valence electrons. The maximum Gasteiger partial charge on any atom is 0.280 e. The first kappa shape index (κ1) is 16.7. The van der Waals surface area contributed by atoms with Gasteiger partial charge in [0.25, 0.3) is 10.2 Å². The van der Waals surface area contributed by atoms with Crippen LogP contribution in [0.25, 0.3) is 0 Å². The molecule has 0 radical (unpaired) electrons. The fourth-order valence-corrected chi connectivity index (χ4v) is 4.32. The summed E-state index contributed by atoms with van der Waals surface area (Å²) in [6, 6.07) is 8.09. The molecule has 1 aromatic rings. The lowest BCUT2D eigenvalue weighted by Gasteiger charge is -2.31. The Morgan fingerprint density at radius 1 is 1.24 bits per heavy atom. The molecule has 7 heteroatoms. The van der Waals surface area contributed by atoms with Crippen LogP contribution in [0.5, 0.6) is 0 Å². The Morgan fingerprint density at radius 2 is 2.00 bits per heavy atom. The van der Waals surface area contributed by atoms with E-state index >= 15 is 0 Å². The van der Waals surface area contributed by atoms with Crippen molar-refractivity contribution in [3.05, 3.63) is 35.4 Å². The van der Waals surface area contributed by atoms with E-state index in [9.17, 15) is 8.42 Å². The highest BCUT2D eigenvalue weighted by Gasteiger charge is 2.29. The molecule has 1 aromatic carbocycles. The summed E-state index contributed by atoms with van der Waals surface area (Å²) in [4.78, 5) is 0. The number of rotatable bonds is 3. The predicted molar refractivity (Wildman–Crippen MR) is 85.8 cm³/mol. The number of halogens is 1. The molecule has 2 N–H and O–H groups in total. The van der Waals surface area contributed by atoms with Crippen molar-refractivity contribution in [2.45, 2.75) is 31.8 Å². The SMILES string of the molecule is Cl.O=S(=O)(N[C@H]1CCCNC1)N1CCc2ccccc2C1. The molecular formula is C14H22ClN3O2S. The van der Waals surface area contributed by atoms with E-state index in [2.05, 4.69) is 16.1 Å². The van der Waals surface area contributed by atoms with Gasteiger partial charge in [0.05, 0.1) is 0 Å². The zero-order valence-electron chi connectivity index (χ0n) is 11.9. The Morgan fingerprint density at radius 3 is 2.71 bits per heavy atom. The molecule has 3 rings (SSSR count). The van der Waals surface area contributed by atoms with Crippen molar-refractivity contribution in [1.82, 2.24) is 14.3 Å². The van der Waals surface area contributed by atoms with E-state index in [-0.39, 0.29) is 18.4 Å². The van der Waals surface area contributed by atoms with Crippen LogP contribution in [0.3, 0.4) is 0 Å². The summed E-state index contributed by atoms with van der Waals surface area (Å²) < 4.78 is 29.3. The third-order valence-electron chi connectivity index (χ3n) is 4.05. The molecule has 1 saturated heterocycles. The van der Waals surface area contributed by atoms with Gasteiger partial charge in [-0.1, -0.05) is 24.3 Å². The third kappa shape index (κ3) is 3.96. The molecule has 0 aromatic heterocycles. The number of benzene rings is 1. The van der Waals surface area contributed by atoms with Crippen LogP contribution in [0.2, 0.25) is 0 Å². The van der Waals surface area contributed by atoms with Crippen molar-refractivity contribution in [2.24, 2.45) is 0 Å². The molecule has 0 amide bonds. The van der Waals surface area contributed by atoms with Gasteiger partial charge in [0.2, 0.25) is 0 Å². The van der Waals surface area contributed by atoms with E-state index in [1.807, 2.05) is 18.2 Å². The maximum absolute atomic E-state index is 12.5. The van der Waals surface area contributed by atoms with Crippen molar-refractivity contribution in [3.63, 3.8) is 0 Å². The van der Waals surface area contributed by atoms with Gasteiger partial charge in [-0.2, -0.15) is 17.4 Å². The predicted octanol–water partition coefficient (Wildman–Crippen LogP) is 1.05. The van der Waals surface area contributed by atoms with Gasteiger partial charge in [-0.3, -0.25) is 0 Å². The minimum Gasteiger partial charge on any atom is -0.315 e. The van der Waals surface area contributed by atoms with Gasteiger partial charge in [0.1, 0.15) is 0 Å². The lowest BCUT2D eigenvalue weighted by atomic mass is 10.0. The van der Waals surface area contributed by atoms with Gasteiger partial charge in [-0.05, 0) is 36.9 Å². The molecule has 21 heavy (non-hydrogen) atoms. The molecule has 0 saturated carbocycles. The highest BCUT2D eigenvalue weighted by molar-refractivity contribution is 7.87. The van der Waals surface area contributed by atoms with Crippen LogP contribution in [0.15, 0.2) is 24.3 Å². The molecule has 5 nitrogen and oxygen atoms in total. The van der Waals surface area contributed by atoms with Crippen molar-refractivity contribution >= 4 is 22.6 Å². The number of nitrogens with one attached hydrogen (secondary N) is 2. The number of hydrogen-bond acceptors (Lipinski definition) is 3. The van der Waals surface area contributed by atoms with E-state index in [0.717, 1.165) is 37.9 Å². The van der Waals surface area contributed by atoms with Crippen LogP contribution >= 0.6 is 12.4 Å². The second-order valence-electron chi connectivity index (χ2n) is 5.52. The second-order valence-corrected chi connectivity index (χ2v) is 7.22. The summed E-state index contributed by atoms with van der Waals surface area (Å²) in [6.45, 7) is 2.75. The fraction of sp³-hybridized carbons (Fsp3) is 0.571. The van der Waals surface area contributed by atoms with Gasteiger partial charge < -0.3 is 5.32 Å². The summed E-state index contributed by atoms with van der Waals surface area (Å²) in [7, 11) is -3.38. The minimum atomic E-state index is -3.38. The summed E-state index contributed by atoms with van der Waals surface area (Å²) in [5, 5.41) is 3.23. The molecule has 0 bridgehead atoms. The second kappa shape index (κ2) is 7.07. The molecule has 0 aliphatic carbocycles. The van der Waals surface area contributed by atoms with E-state index in [4.69, 9.17) is 0 Å². The van der Waals surface area contributed by atoms with Gasteiger partial charge >= 0.3 is 0 Å². The largest absolute Gasteiger partial charge is 0.315 e. The Labute approximate surface area is 132 Å². The molecule has 2 aliphatic rings. The van der Waals surface area contributed by atoms with Crippen LogP contribution in [-0.4, -0.2) is 38.4 Å². The Bertz CT molecular complexity index is 573. The summed E-state index contributed by atoms with van der Waals surface area (Å²) in [5.41, 5.74) is 2.38. The normalized spacial score (nSPS) is 23.1. The molecule has 0 spiro atoms. The standard InChI is InChI=1S/C14H21N3O2S.ClH/c18-20(19,16-14-6-3-8-15-10-14)17-9-7-12-4-1-2-5-13(12)11-17;/h1-2,4-5,14-16H,3,6-11H2;1H/t14-;/m0./s1. The highest BCUT2D eigenvalue weighted by Crippen LogP contribution is 2.20. The van der Waals surface area contributed by atoms with Crippen LogP contribution in [0, 0.1) is 0 Å². The van der Waals surface area contributed by atoms with E-state index in [1.165, 1.54) is 5.56 Å². The Hall–Kier alpha value is -0.660. The molecule has 1 fully saturated rings. The Kier molecular flexibility index (Phi) is 5.62. The smallest absolute Gasteiger partial charge is 0.280 e. The van der Waals surface area contributed by atoms with Crippen LogP contribution in [-0.2, 0) is 23.2 Å². The van der Waals surface area contributed by atoms with Gasteiger partial charge in [0.15, 0.2) is 0 Å². The molecule has 1 atom stereocenters. The summed E-state index contributed by atoms with van der Waals surface area (Å²) >= 11 is 0. The van der Waals surface area contributed by atoms with Crippen molar-refractivity contribution in [2.75, 3.05) is 19.6 Å². The first-order chi connectivity index (χ1) is 9.65. The first-order valence-electron chi connectivity index (χ1n) is 7.20. The quantitative estimate of drug-likeness (QED) is 0.870. The first-order valence-corrected chi connectivity index (χ1v) is 8.64. The molecule has 0 unspecified atom stereocenters. The van der Waals surface area contributed by atoms with E-state index < -0.39 is 10.2 Å². The zero-order chi connectivity index (χ0) is 14.0. The number of piperidine rings is 1. The van der Waals surface area contributed by atoms with E-state index in [0.29, 0.717) is 13.1 Å². The molecule has 2 aliphatic heterocycles. The van der Waals surface area contributed by atoms with Crippen LogP contribution in [0.4, 0.5) is 0 Å². The molecular weight excluding hydrogens is 310 g/mol. The lowest BCUT2D eigenvalue weighted by molar-refractivity contribution is 0.364. The number of hydrogen-bond donors (Lipinski definition) is 2. The van der Waals surface area contributed by atoms with Gasteiger partial charge in [-0.15, -0.1) is 12.4 Å². The zero-order valence-corrected chi connectivity index (χ0v) is 13.5. The van der Waals surface area contributed by atoms with Crippen molar-refractivity contribution in [3.8, 4) is 0 Å². The lowest BCUT2D eigenvalue weighted by Crippen LogP contribution is -2.51. The maximum atomic E-state index is 12.5. The number of nitrogens with zero attached hydrogens (tertiary/aromatic N) is 1. The van der Waals surface area contributed by atoms with E-state index in [1.54, 1.807) is 4.31 Å². The average Bonchev–Trinajstić information content (AvgIpc) is 2.47. The highest BCUT2D eigenvalue weighted by atomic mass is 35.5. The van der Waals surface area contributed by atoms with Crippen molar-refractivity contribution in [1.29, 1.82) is 0 Å².